The van der Waals surface area contributed by atoms with Gasteiger partial charge in [-0.25, -0.2) is 0 Å². The van der Waals surface area contributed by atoms with Crippen LogP contribution in [-0.2, 0) is 22.9 Å². The number of rotatable bonds is 3. The van der Waals surface area contributed by atoms with Crippen LogP contribution in [0.2, 0.25) is 0 Å². The molecule has 0 saturated heterocycles. The van der Waals surface area contributed by atoms with Crippen molar-refractivity contribution in [2.24, 2.45) is 0 Å². The van der Waals surface area contributed by atoms with Crippen LogP contribution in [0, 0.1) is 6.92 Å². The number of benzene rings is 2. The van der Waals surface area contributed by atoms with Gasteiger partial charge in [-0.15, -0.1) is 5.10 Å². The Kier molecular flexibility index (Phi) is 4.60. The minimum atomic E-state index is -4.48. The van der Waals surface area contributed by atoms with Gasteiger partial charge in [-0.2, -0.15) is 18.3 Å². The van der Waals surface area contributed by atoms with Gasteiger partial charge in [-0.1, -0.05) is 0 Å². The lowest BCUT2D eigenvalue weighted by atomic mass is 9.85. The molecule has 0 unspecified atom stereocenters. The molecule has 31 heavy (non-hydrogen) atoms. The van der Waals surface area contributed by atoms with Crippen LogP contribution >= 0.6 is 0 Å². The van der Waals surface area contributed by atoms with Crippen molar-refractivity contribution in [1.29, 1.82) is 0 Å². The number of carbonyl (C=O) groups excluding carboxylic acids is 1. The molecule has 1 amide bonds. The van der Waals surface area contributed by atoms with Crippen LogP contribution in [-0.4, -0.2) is 23.2 Å². The van der Waals surface area contributed by atoms with Crippen molar-refractivity contribution >= 4 is 33.9 Å². The largest absolute Gasteiger partial charge is 0.416 e. The first-order chi connectivity index (χ1) is 14.4. The summed E-state index contributed by atoms with van der Waals surface area (Å²) in [5.41, 5.74) is 6.99. The van der Waals surface area contributed by atoms with Gasteiger partial charge in [0.05, 0.1) is 16.7 Å². The van der Waals surface area contributed by atoms with Gasteiger partial charge in [-0.3, -0.25) is 4.79 Å². The molecular weight excluding hydrogens is 407 g/mol. The Morgan fingerprint density at radius 1 is 1.10 bits per heavy atom. The average Bonchev–Trinajstić information content (AvgIpc) is 2.86. The zero-order chi connectivity index (χ0) is 22.7. The second-order valence-electron chi connectivity index (χ2n) is 8.35. The Morgan fingerprint density at radius 3 is 2.48 bits per heavy atom. The van der Waals surface area contributed by atoms with Gasteiger partial charge < -0.3 is 16.0 Å². The number of aromatic nitrogens is 2. The molecule has 0 atom stereocenters. The van der Waals surface area contributed by atoms with Crippen molar-refractivity contribution in [3.8, 4) is 0 Å². The summed E-state index contributed by atoms with van der Waals surface area (Å²) >= 11 is 0. The third-order valence-electron chi connectivity index (χ3n) is 5.76. The number of hydrogen-bond donors (Lipinski definition) is 2. The number of nitrogens with two attached hydrogens (primary N) is 1. The monoisotopic (exact) mass is 429 g/mol. The normalized spacial score (nSPS) is 15.5. The predicted molar refractivity (Wildman–Crippen MR) is 114 cm³/mol. The molecule has 0 fully saturated rings. The van der Waals surface area contributed by atoms with Crippen LogP contribution in [0.5, 0.6) is 0 Å². The van der Waals surface area contributed by atoms with E-state index in [1.54, 1.807) is 11.9 Å². The second-order valence-corrected chi connectivity index (χ2v) is 8.35. The third-order valence-corrected chi connectivity index (χ3v) is 5.76. The molecule has 3 N–H and O–H groups in total. The van der Waals surface area contributed by atoms with E-state index in [1.807, 2.05) is 32.9 Å². The average molecular weight is 429 g/mol. The summed E-state index contributed by atoms with van der Waals surface area (Å²) in [6.45, 7) is 5.67. The molecule has 1 aromatic heterocycles. The minimum Gasteiger partial charge on any atom is -0.399 e. The molecule has 2 heterocycles. The van der Waals surface area contributed by atoms with Crippen LogP contribution < -0.4 is 16.0 Å². The van der Waals surface area contributed by atoms with Crippen molar-refractivity contribution in [2.75, 3.05) is 23.0 Å². The van der Waals surface area contributed by atoms with Gasteiger partial charge >= 0.3 is 6.18 Å². The Balaban J connectivity index is 1.74. The highest BCUT2D eigenvalue weighted by Crippen LogP contribution is 2.44. The zero-order valence-electron chi connectivity index (χ0n) is 17.6. The summed E-state index contributed by atoms with van der Waals surface area (Å²) in [5.74, 6) is 0.412. The Bertz CT molecular complexity index is 1220. The highest BCUT2D eigenvalue weighted by molar-refractivity contribution is 6.10. The molecule has 0 spiro atoms. The number of nitrogen functional groups attached to an aromatic ring is 1. The SMILES string of the molecule is Cc1nnc(NCc2cc(N)cc(C(F)(F)F)c2)c2cc3c(cc12)C(C)(C)C(=O)N3C. The molecular formula is C22H22F3N5O. The molecule has 1 aliphatic rings. The maximum atomic E-state index is 13.1. The summed E-state index contributed by atoms with van der Waals surface area (Å²) in [6, 6.07) is 7.27. The van der Waals surface area contributed by atoms with Crippen LogP contribution in [0.4, 0.5) is 30.4 Å². The Morgan fingerprint density at radius 2 is 1.81 bits per heavy atom. The van der Waals surface area contributed by atoms with Gasteiger partial charge in [0.2, 0.25) is 5.91 Å². The van der Waals surface area contributed by atoms with E-state index in [9.17, 15) is 18.0 Å². The summed E-state index contributed by atoms with van der Waals surface area (Å²) < 4.78 is 39.3. The van der Waals surface area contributed by atoms with E-state index < -0.39 is 17.2 Å². The van der Waals surface area contributed by atoms with Crippen molar-refractivity contribution in [1.82, 2.24) is 10.2 Å². The summed E-state index contributed by atoms with van der Waals surface area (Å²) in [5, 5.41) is 13.0. The number of carbonyl (C=O) groups is 1. The highest BCUT2D eigenvalue weighted by atomic mass is 19.4. The number of halogens is 3. The first kappa shape index (κ1) is 20.9. The molecule has 0 bridgehead atoms. The Hall–Kier alpha value is -3.36. The number of anilines is 3. The Labute approximate surface area is 177 Å². The molecule has 6 nitrogen and oxygen atoms in total. The lowest BCUT2D eigenvalue weighted by molar-refractivity contribution is -0.137. The molecule has 9 heteroatoms. The number of aryl methyl sites for hydroxylation is 1. The van der Waals surface area contributed by atoms with Crippen LogP contribution in [0.25, 0.3) is 10.8 Å². The van der Waals surface area contributed by atoms with Gasteiger partial charge in [-0.05, 0) is 62.2 Å². The van der Waals surface area contributed by atoms with E-state index in [0.29, 0.717) is 17.1 Å². The zero-order valence-corrected chi connectivity index (χ0v) is 17.6. The summed E-state index contributed by atoms with van der Waals surface area (Å²) in [7, 11) is 1.72. The van der Waals surface area contributed by atoms with Gasteiger partial charge in [0.1, 0.15) is 0 Å². The molecule has 0 saturated carbocycles. The maximum absolute atomic E-state index is 13.1. The number of alkyl halides is 3. The molecule has 2 aromatic carbocycles. The number of fused-ring (bicyclic) bond motifs is 2. The number of nitrogens with one attached hydrogen (secondary N) is 1. The predicted octanol–water partition coefficient (Wildman–Crippen LogP) is 4.41. The lowest BCUT2D eigenvalue weighted by Crippen LogP contribution is -2.33. The van der Waals surface area contributed by atoms with E-state index >= 15 is 0 Å². The first-order valence-electron chi connectivity index (χ1n) is 9.70. The van der Waals surface area contributed by atoms with E-state index in [2.05, 4.69) is 15.5 Å². The standard InChI is InChI=1S/C22H22F3N5O/c1-11-15-8-17-18(30(4)20(31)21(17,2)3)9-16(15)19(29-28-11)27-10-12-5-13(22(23,24)25)7-14(26)6-12/h5-9H,10,26H2,1-4H3,(H,27,29). The molecule has 4 rings (SSSR count). The fraction of sp³-hybridized carbons (Fsp3) is 0.318. The van der Waals surface area contributed by atoms with Crippen LogP contribution in [0.15, 0.2) is 30.3 Å². The van der Waals surface area contributed by atoms with E-state index in [1.165, 1.54) is 6.07 Å². The summed E-state index contributed by atoms with van der Waals surface area (Å²) in [4.78, 5) is 14.3. The third kappa shape index (κ3) is 3.43. The van der Waals surface area contributed by atoms with E-state index in [-0.39, 0.29) is 18.1 Å². The number of amides is 1. The number of hydrogen-bond acceptors (Lipinski definition) is 5. The lowest BCUT2D eigenvalue weighted by Gasteiger charge is -2.17. The first-order valence-corrected chi connectivity index (χ1v) is 9.70. The fourth-order valence-electron chi connectivity index (χ4n) is 4.04. The van der Waals surface area contributed by atoms with Crippen molar-refractivity contribution in [2.45, 2.75) is 38.9 Å². The van der Waals surface area contributed by atoms with Crippen molar-refractivity contribution in [3.63, 3.8) is 0 Å². The van der Waals surface area contributed by atoms with Crippen molar-refractivity contribution < 1.29 is 18.0 Å². The topological polar surface area (TPSA) is 84.1 Å². The summed E-state index contributed by atoms with van der Waals surface area (Å²) in [6.07, 6.45) is -4.48. The number of nitrogens with zero attached hydrogens (tertiary/aromatic N) is 3. The quantitative estimate of drug-likeness (QED) is 0.603. The number of likely N-dealkylation sites (N-methyl/N-ethyl adjacent to an activating group) is 1. The fourth-order valence-corrected chi connectivity index (χ4v) is 4.04. The van der Waals surface area contributed by atoms with E-state index in [0.717, 1.165) is 34.2 Å². The molecule has 0 aliphatic carbocycles. The van der Waals surface area contributed by atoms with Gasteiger partial charge in [0, 0.05) is 35.7 Å². The highest BCUT2D eigenvalue weighted by Gasteiger charge is 2.42. The van der Waals surface area contributed by atoms with Crippen LogP contribution in [0.3, 0.4) is 0 Å². The minimum absolute atomic E-state index is 0.00896. The van der Waals surface area contributed by atoms with E-state index in [4.69, 9.17) is 5.73 Å². The second kappa shape index (κ2) is 6.83. The molecule has 162 valence electrons. The van der Waals surface area contributed by atoms with Gasteiger partial charge in [0.25, 0.3) is 0 Å². The van der Waals surface area contributed by atoms with Gasteiger partial charge in [0.15, 0.2) is 5.82 Å². The molecule has 0 radical (unpaired) electrons. The van der Waals surface area contributed by atoms with Crippen LogP contribution in [0.1, 0.15) is 36.2 Å². The maximum Gasteiger partial charge on any atom is 0.416 e. The van der Waals surface area contributed by atoms with Crippen molar-refractivity contribution in [3.05, 3.63) is 52.7 Å². The molecule has 1 aliphatic heterocycles. The molecule has 3 aromatic rings. The smallest absolute Gasteiger partial charge is 0.399 e.